The number of anilines is 1. The molecule has 0 aliphatic carbocycles. The first-order chi connectivity index (χ1) is 11.2. The second kappa shape index (κ2) is 7.17. The van der Waals surface area contributed by atoms with Crippen LogP contribution in [0.3, 0.4) is 0 Å². The van der Waals surface area contributed by atoms with E-state index in [4.69, 9.17) is 0 Å². The number of ketones is 1. The van der Waals surface area contributed by atoms with E-state index in [0.717, 1.165) is 0 Å². The Balaban J connectivity index is 2.03. The number of thioether (sulfide) groups is 1. The number of hydrogen-bond acceptors (Lipinski definition) is 5. The van der Waals surface area contributed by atoms with E-state index in [9.17, 15) is 9.59 Å². The maximum absolute atomic E-state index is 12.5. The lowest BCUT2D eigenvalue weighted by molar-refractivity contribution is -0.123. The van der Waals surface area contributed by atoms with Crippen LogP contribution in [0.25, 0.3) is 0 Å². The Morgan fingerprint density at radius 2 is 1.83 bits per heavy atom. The average Bonchev–Trinajstić information content (AvgIpc) is 2.91. The minimum atomic E-state index is -0.463. The van der Waals surface area contributed by atoms with Gasteiger partial charge in [0.05, 0.1) is 5.25 Å². The summed E-state index contributed by atoms with van der Waals surface area (Å²) in [5.74, 6) is -0.0514. The first kappa shape index (κ1) is 18.2. The number of benzene rings is 1. The lowest BCUT2D eigenvalue weighted by Gasteiger charge is -2.17. The van der Waals surface area contributed by atoms with Crippen LogP contribution in [-0.4, -0.2) is 31.7 Å². The normalized spacial score (nSPS) is 12.7. The van der Waals surface area contributed by atoms with Crippen LogP contribution in [0.1, 0.15) is 38.1 Å². The smallest absolute Gasteiger partial charge is 0.229 e. The number of carbonyl (C=O) groups excluding carboxylic acids is 2. The van der Waals surface area contributed by atoms with Crippen molar-refractivity contribution in [3.63, 3.8) is 0 Å². The number of amides is 1. The molecule has 0 radical (unpaired) electrons. The molecule has 1 aromatic carbocycles. The number of nitrogens with one attached hydrogen (secondary N) is 1. The van der Waals surface area contributed by atoms with E-state index in [-0.39, 0.29) is 16.9 Å². The zero-order chi connectivity index (χ0) is 17.9. The Hall–Kier alpha value is -2.15. The number of aromatic nitrogens is 3. The van der Waals surface area contributed by atoms with Crippen molar-refractivity contribution < 1.29 is 9.59 Å². The van der Waals surface area contributed by atoms with Gasteiger partial charge in [-0.25, -0.2) is 0 Å². The summed E-state index contributed by atoms with van der Waals surface area (Å²) in [6, 6.07) is 6.95. The summed E-state index contributed by atoms with van der Waals surface area (Å²) < 4.78 is 1.78. The molecule has 2 aromatic rings. The maximum Gasteiger partial charge on any atom is 0.229 e. The second-order valence-corrected chi connectivity index (χ2v) is 7.94. The van der Waals surface area contributed by atoms with E-state index < -0.39 is 5.41 Å². The van der Waals surface area contributed by atoms with Crippen molar-refractivity contribution in [3.8, 4) is 0 Å². The average molecular weight is 346 g/mol. The highest BCUT2D eigenvalue weighted by atomic mass is 32.2. The van der Waals surface area contributed by atoms with Crippen molar-refractivity contribution >= 4 is 29.1 Å². The highest BCUT2D eigenvalue weighted by Crippen LogP contribution is 2.24. The molecule has 1 atom stereocenters. The molecule has 0 saturated heterocycles. The summed E-state index contributed by atoms with van der Waals surface area (Å²) in [4.78, 5) is 24.5. The van der Waals surface area contributed by atoms with Crippen LogP contribution in [0, 0.1) is 5.41 Å². The Morgan fingerprint density at radius 1 is 1.21 bits per heavy atom. The molecule has 128 valence electrons. The summed E-state index contributed by atoms with van der Waals surface area (Å²) in [5, 5.41) is 11.1. The predicted molar refractivity (Wildman–Crippen MR) is 95.2 cm³/mol. The highest BCUT2D eigenvalue weighted by molar-refractivity contribution is 8.00. The van der Waals surface area contributed by atoms with Gasteiger partial charge in [-0.15, -0.1) is 10.2 Å². The monoisotopic (exact) mass is 346 g/mol. The summed E-state index contributed by atoms with van der Waals surface area (Å²) in [6.07, 6.45) is 1.60. The summed E-state index contributed by atoms with van der Waals surface area (Å²) in [6.45, 7) is 7.40. The van der Waals surface area contributed by atoms with Crippen LogP contribution in [-0.2, 0) is 11.8 Å². The lowest BCUT2D eigenvalue weighted by atomic mass is 9.95. The molecule has 0 spiro atoms. The van der Waals surface area contributed by atoms with Gasteiger partial charge in [0.25, 0.3) is 0 Å². The molecule has 0 aliphatic heterocycles. The van der Waals surface area contributed by atoms with E-state index in [2.05, 4.69) is 15.5 Å². The van der Waals surface area contributed by atoms with Gasteiger partial charge in [-0.3, -0.25) is 9.59 Å². The number of hydrogen-bond donors (Lipinski definition) is 1. The summed E-state index contributed by atoms with van der Waals surface area (Å²) in [5.41, 5.74) is 0.821. The Bertz CT molecular complexity index is 732. The van der Waals surface area contributed by atoms with Crippen molar-refractivity contribution in [1.29, 1.82) is 0 Å². The second-order valence-electron chi connectivity index (χ2n) is 6.63. The first-order valence-electron chi connectivity index (χ1n) is 7.65. The highest BCUT2D eigenvalue weighted by Gasteiger charge is 2.22. The number of nitrogens with zero attached hydrogens (tertiary/aromatic N) is 3. The largest absolute Gasteiger partial charge is 0.326 e. The number of carbonyl (C=O) groups is 2. The molecule has 0 fully saturated rings. The molecular weight excluding hydrogens is 324 g/mol. The SMILES string of the molecule is C[C@@H](Sc1nncn1C)C(=O)c1ccc(NC(=O)C(C)(C)C)cc1. The Kier molecular flexibility index (Phi) is 5.43. The standard InChI is InChI=1S/C17H22N4O2S/c1-11(24-16-20-18-10-21(16)5)14(22)12-6-8-13(9-7-12)19-15(23)17(2,3)4/h6-11H,1-5H3,(H,19,23)/t11-/m1/s1. The molecule has 0 bridgehead atoms. The zero-order valence-corrected chi connectivity index (χ0v) is 15.3. The summed E-state index contributed by atoms with van der Waals surface area (Å²) in [7, 11) is 1.84. The van der Waals surface area contributed by atoms with Crippen LogP contribution in [0.5, 0.6) is 0 Å². The molecule has 0 saturated carbocycles. The number of rotatable bonds is 5. The summed E-state index contributed by atoms with van der Waals surface area (Å²) >= 11 is 1.37. The van der Waals surface area contributed by atoms with Crippen molar-refractivity contribution in [2.45, 2.75) is 38.1 Å². The first-order valence-corrected chi connectivity index (χ1v) is 8.53. The fourth-order valence-electron chi connectivity index (χ4n) is 1.86. The molecule has 0 aliphatic rings. The Labute approximate surface area is 146 Å². The van der Waals surface area contributed by atoms with Gasteiger partial charge in [0.2, 0.25) is 5.91 Å². The molecule has 2 rings (SSSR count). The minimum Gasteiger partial charge on any atom is -0.326 e. The topological polar surface area (TPSA) is 76.9 Å². The third-order valence-corrected chi connectivity index (χ3v) is 4.58. The van der Waals surface area contributed by atoms with Gasteiger partial charge >= 0.3 is 0 Å². The quantitative estimate of drug-likeness (QED) is 0.665. The molecule has 1 amide bonds. The zero-order valence-electron chi connectivity index (χ0n) is 14.5. The molecule has 6 nitrogen and oxygen atoms in total. The number of Topliss-reactive ketones (excluding diaryl/α,β-unsaturated/α-hetero) is 1. The minimum absolute atomic E-state index is 0.0108. The van der Waals surface area contributed by atoms with Crippen LogP contribution in [0.2, 0.25) is 0 Å². The van der Waals surface area contributed by atoms with Crippen LogP contribution < -0.4 is 5.32 Å². The number of aryl methyl sites for hydroxylation is 1. The van der Waals surface area contributed by atoms with E-state index in [1.54, 1.807) is 35.2 Å². The van der Waals surface area contributed by atoms with Crippen LogP contribution in [0.4, 0.5) is 5.69 Å². The van der Waals surface area contributed by atoms with E-state index >= 15 is 0 Å². The Morgan fingerprint density at radius 3 is 2.33 bits per heavy atom. The molecule has 7 heteroatoms. The third kappa shape index (κ3) is 4.44. The molecule has 24 heavy (non-hydrogen) atoms. The van der Waals surface area contributed by atoms with Gasteiger partial charge < -0.3 is 9.88 Å². The fraction of sp³-hybridized carbons (Fsp3) is 0.412. The molecular formula is C17H22N4O2S. The van der Waals surface area contributed by atoms with Gasteiger partial charge in [-0.2, -0.15) is 0 Å². The van der Waals surface area contributed by atoms with Gasteiger partial charge in [0.1, 0.15) is 6.33 Å². The van der Waals surface area contributed by atoms with Crippen molar-refractivity contribution in [2.24, 2.45) is 12.5 Å². The molecule has 1 aromatic heterocycles. The molecule has 1 N–H and O–H groups in total. The van der Waals surface area contributed by atoms with E-state index in [1.165, 1.54) is 11.8 Å². The predicted octanol–water partition coefficient (Wildman–Crippen LogP) is 3.16. The van der Waals surface area contributed by atoms with Gasteiger partial charge in [-0.05, 0) is 31.2 Å². The van der Waals surface area contributed by atoms with Gasteiger partial charge in [0, 0.05) is 23.7 Å². The van der Waals surface area contributed by atoms with Crippen molar-refractivity contribution in [3.05, 3.63) is 36.2 Å². The molecule has 0 unspecified atom stereocenters. The van der Waals surface area contributed by atoms with Crippen molar-refractivity contribution in [1.82, 2.24) is 14.8 Å². The molecule has 1 heterocycles. The van der Waals surface area contributed by atoms with Gasteiger partial charge in [0.15, 0.2) is 10.9 Å². The van der Waals surface area contributed by atoms with Gasteiger partial charge in [-0.1, -0.05) is 32.5 Å². The van der Waals surface area contributed by atoms with Crippen molar-refractivity contribution in [2.75, 3.05) is 5.32 Å². The lowest BCUT2D eigenvalue weighted by Crippen LogP contribution is -2.27. The van der Waals surface area contributed by atoms with Crippen LogP contribution in [0.15, 0.2) is 35.7 Å². The maximum atomic E-state index is 12.5. The van der Waals surface area contributed by atoms with Crippen LogP contribution >= 0.6 is 11.8 Å². The van der Waals surface area contributed by atoms with E-state index in [0.29, 0.717) is 16.4 Å². The fourth-order valence-corrected chi connectivity index (χ4v) is 2.73. The van der Waals surface area contributed by atoms with E-state index in [1.807, 2.05) is 34.7 Å². The third-order valence-electron chi connectivity index (χ3n) is 3.43.